The first-order chi connectivity index (χ1) is 19.9. The highest BCUT2D eigenvalue weighted by Gasteiger charge is 2.55. The average Bonchev–Trinajstić information content (AvgIpc) is 3.35. The van der Waals surface area contributed by atoms with Gasteiger partial charge in [0.1, 0.15) is 0 Å². The molecule has 0 unspecified atom stereocenters. The summed E-state index contributed by atoms with van der Waals surface area (Å²) < 4.78 is 0. The van der Waals surface area contributed by atoms with Crippen molar-refractivity contribution in [3.63, 3.8) is 0 Å². The smallest absolute Gasteiger partial charge is 0.251 e. The maximum Gasteiger partial charge on any atom is 0.251 e. The van der Waals surface area contributed by atoms with Crippen LogP contribution in [0.3, 0.4) is 0 Å². The number of aromatic nitrogens is 1. The molecule has 3 N–H and O–H groups in total. The number of H-pyrrole nitrogens is 1. The van der Waals surface area contributed by atoms with Gasteiger partial charge in [0, 0.05) is 33.4 Å². The first-order valence-electron chi connectivity index (χ1n) is 16.3. The Bertz CT molecular complexity index is 1480. The van der Waals surface area contributed by atoms with Gasteiger partial charge in [-0.1, -0.05) is 12.1 Å². The molecule has 1 aromatic heterocycles. The van der Waals surface area contributed by atoms with Gasteiger partial charge in [0.25, 0.3) is 5.91 Å². The Kier molecular flexibility index (Phi) is 5.21. The molecular formula is C36H41N3O2. The molecule has 8 aliphatic carbocycles. The Hall–Kier alpha value is -3.08. The quantitative estimate of drug-likeness (QED) is 0.306. The molecule has 3 aromatic rings. The van der Waals surface area contributed by atoms with Crippen molar-refractivity contribution >= 4 is 28.4 Å². The standard InChI is InChI=1S/C36H41N3O2/c40-33(39-36-18-24-10-25(19-36)12-26(11-24)20-36)28-3-6-31-29(13-28)14-32(38-31)27-1-4-30(5-2-27)37-34(41)35-15-21-7-22(16-35)9-23(8-21)17-35/h1-6,13-14,21-26,38H,7-12,15-20H2,(H,37,41)(H,39,40). The Morgan fingerprint density at radius 1 is 0.683 bits per heavy atom. The summed E-state index contributed by atoms with van der Waals surface area (Å²) in [7, 11) is 0. The summed E-state index contributed by atoms with van der Waals surface area (Å²) in [6.07, 6.45) is 14.9. The number of hydrogen-bond donors (Lipinski definition) is 3. The van der Waals surface area contributed by atoms with E-state index in [0.717, 1.165) is 88.2 Å². The number of anilines is 1. The summed E-state index contributed by atoms with van der Waals surface area (Å²) in [4.78, 5) is 30.4. The molecule has 2 amide bonds. The van der Waals surface area contributed by atoms with Crippen LogP contribution < -0.4 is 10.6 Å². The molecule has 1 heterocycles. The minimum atomic E-state index is -0.135. The van der Waals surface area contributed by atoms with Crippen LogP contribution in [0.4, 0.5) is 5.69 Å². The zero-order valence-corrected chi connectivity index (χ0v) is 23.9. The Morgan fingerprint density at radius 2 is 1.24 bits per heavy atom. The third kappa shape index (κ3) is 4.09. The highest BCUT2D eigenvalue weighted by molar-refractivity contribution is 5.99. The summed E-state index contributed by atoms with van der Waals surface area (Å²) >= 11 is 0. The van der Waals surface area contributed by atoms with Crippen molar-refractivity contribution in [2.75, 3.05) is 5.32 Å². The third-order valence-electron chi connectivity index (χ3n) is 12.3. The monoisotopic (exact) mass is 547 g/mol. The highest BCUT2D eigenvalue weighted by Crippen LogP contribution is 2.60. The van der Waals surface area contributed by atoms with Gasteiger partial charge in [-0.25, -0.2) is 0 Å². The second-order valence-corrected chi connectivity index (χ2v) is 15.4. The van der Waals surface area contributed by atoms with Crippen LogP contribution in [0, 0.1) is 40.9 Å². The van der Waals surface area contributed by atoms with Crippen LogP contribution in [-0.2, 0) is 4.79 Å². The second-order valence-electron chi connectivity index (χ2n) is 15.4. The van der Waals surface area contributed by atoms with Crippen LogP contribution >= 0.6 is 0 Å². The highest BCUT2D eigenvalue weighted by atomic mass is 16.2. The van der Waals surface area contributed by atoms with E-state index in [4.69, 9.17) is 0 Å². The molecule has 41 heavy (non-hydrogen) atoms. The van der Waals surface area contributed by atoms with Gasteiger partial charge in [-0.15, -0.1) is 0 Å². The minimum absolute atomic E-state index is 0.0248. The van der Waals surface area contributed by atoms with Crippen molar-refractivity contribution < 1.29 is 9.59 Å². The Morgan fingerprint density at radius 3 is 1.83 bits per heavy atom. The lowest BCUT2D eigenvalue weighted by atomic mass is 9.49. The molecule has 8 fully saturated rings. The minimum Gasteiger partial charge on any atom is -0.355 e. The summed E-state index contributed by atoms with van der Waals surface area (Å²) in [5.41, 5.74) is 4.66. The number of nitrogens with one attached hydrogen (secondary N) is 3. The van der Waals surface area contributed by atoms with Gasteiger partial charge >= 0.3 is 0 Å². The SMILES string of the molecule is O=C(NC12CC3CC(CC(C3)C1)C2)c1ccc2[nH]c(-c3ccc(NC(=O)C45CC6CC(CC(C6)C4)C5)cc3)cc2c1. The average molecular weight is 548 g/mol. The van der Waals surface area contributed by atoms with E-state index < -0.39 is 0 Å². The van der Waals surface area contributed by atoms with Gasteiger partial charge in [-0.2, -0.15) is 0 Å². The summed E-state index contributed by atoms with van der Waals surface area (Å²) in [5, 5.41) is 7.86. The number of carbonyl (C=O) groups is 2. The van der Waals surface area contributed by atoms with Crippen molar-refractivity contribution in [2.24, 2.45) is 40.9 Å². The van der Waals surface area contributed by atoms with Gasteiger partial charge in [-0.3, -0.25) is 9.59 Å². The van der Waals surface area contributed by atoms with Crippen LogP contribution in [0.1, 0.15) is 87.4 Å². The number of amides is 2. The number of fused-ring (bicyclic) bond motifs is 1. The van der Waals surface area contributed by atoms with Crippen molar-refractivity contribution in [3.05, 3.63) is 54.1 Å². The van der Waals surface area contributed by atoms with Crippen molar-refractivity contribution in [2.45, 2.75) is 82.6 Å². The van der Waals surface area contributed by atoms with E-state index >= 15 is 0 Å². The molecule has 212 valence electrons. The predicted molar refractivity (Wildman–Crippen MR) is 161 cm³/mol. The van der Waals surface area contributed by atoms with E-state index in [2.05, 4.69) is 33.8 Å². The molecule has 2 aromatic carbocycles. The zero-order valence-electron chi connectivity index (χ0n) is 23.9. The fourth-order valence-corrected chi connectivity index (χ4v) is 11.4. The lowest BCUT2D eigenvalue weighted by Gasteiger charge is -2.56. The van der Waals surface area contributed by atoms with Crippen molar-refractivity contribution in [1.82, 2.24) is 10.3 Å². The summed E-state index contributed by atoms with van der Waals surface area (Å²) in [5.74, 6) is 5.06. The maximum absolute atomic E-state index is 13.5. The predicted octanol–water partition coefficient (Wildman–Crippen LogP) is 7.69. The van der Waals surface area contributed by atoms with E-state index in [1.165, 1.54) is 57.8 Å². The van der Waals surface area contributed by atoms with E-state index in [0.29, 0.717) is 0 Å². The largest absolute Gasteiger partial charge is 0.355 e. The van der Waals surface area contributed by atoms with Gasteiger partial charge in [-0.05, 0) is 155 Å². The second kappa shape index (κ2) is 8.72. The number of carbonyl (C=O) groups excluding carboxylic acids is 2. The maximum atomic E-state index is 13.5. The Labute approximate surface area is 242 Å². The van der Waals surface area contributed by atoms with Gasteiger partial charge in [0.05, 0.1) is 5.41 Å². The number of rotatable bonds is 5. The zero-order chi connectivity index (χ0) is 27.3. The van der Waals surface area contributed by atoms with Crippen molar-refractivity contribution in [3.8, 4) is 11.3 Å². The van der Waals surface area contributed by atoms with Crippen LogP contribution in [0.2, 0.25) is 0 Å². The van der Waals surface area contributed by atoms with Gasteiger partial charge in [0.2, 0.25) is 5.91 Å². The molecule has 0 radical (unpaired) electrons. The normalized spacial score (nSPS) is 38.0. The molecule has 0 saturated heterocycles. The van der Waals surface area contributed by atoms with E-state index in [-0.39, 0.29) is 22.8 Å². The van der Waals surface area contributed by atoms with Crippen LogP contribution in [0.15, 0.2) is 48.5 Å². The molecule has 8 saturated carbocycles. The molecule has 0 atom stereocenters. The molecule has 8 aliphatic rings. The first kappa shape index (κ1) is 24.5. The molecule has 5 nitrogen and oxygen atoms in total. The number of hydrogen-bond acceptors (Lipinski definition) is 2. The molecular weight excluding hydrogens is 506 g/mol. The number of aromatic amines is 1. The van der Waals surface area contributed by atoms with Crippen molar-refractivity contribution in [1.29, 1.82) is 0 Å². The Balaban J connectivity index is 0.900. The fourth-order valence-electron chi connectivity index (χ4n) is 11.4. The molecule has 5 heteroatoms. The summed E-state index contributed by atoms with van der Waals surface area (Å²) in [6, 6.07) is 16.4. The van der Waals surface area contributed by atoms with E-state index in [1.807, 2.05) is 30.3 Å². The van der Waals surface area contributed by atoms with Gasteiger partial charge in [0.15, 0.2) is 0 Å². The third-order valence-corrected chi connectivity index (χ3v) is 12.3. The fraction of sp³-hybridized carbons (Fsp3) is 0.556. The molecule has 8 bridgehead atoms. The van der Waals surface area contributed by atoms with Gasteiger partial charge < -0.3 is 15.6 Å². The van der Waals surface area contributed by atoms with Crippen LogP contribution in [0.25, 0.3) is 22.2 Å². The summed E-state index contributed by atoms with van der Waals surface area (Å²) in [6.45, 7) is 0. The molecule has 0 spiro atoms. The van der Waals surface area contributed by atoms with Crippen LogP contribution in [0.5, 0.6) is 0 Å². The van der Waals surface area contributed by atoms with E-state index in [1.54, 1.807) is 0 Å². The van der Waals surface area contributed by atoms with Crippen LogP contribution in [-0.4, -0.2) is 22.3 Å². The molecule has 0 aliphatic heterocycles. The molecule has 11 rings (SSSR count). The lowest BCUT2D eigenvalue weighted by Crippen LogP contribution is -2.59. The lowest BCUT2D eigenvalue weighted by molar-refractivity contribution is -0.140. The van der Waals surface area contributed by atoms with E-state index in [9.17, 15) is 9.59 Å². The topological polar surface area (TPSA) is 74.0 Å². The number of benzene rings is 2. The first-order valence-corrected chi connectivity index (χ1v) is 16.3.